The number of esters is 1. The Hall–Kier alpha value is -4.15. The number of ether oxygens (including phenoxy) is 1. The average molecular weight is 514 g/mol. The summed E-state index contributed by atoms with van der Waals surface area (Å²) < 4.78 is 7.79. The van der Waals surface area contributed by atoms with Crippen LogP contribution in [-0.2, 0) is 16.1 Å². The number of carbonyl (C=O) groups is 2. The van der Waals surface area contributed by atoms with Gasteiger partial charge in [0.15, 0.2) is 0 Å². The van der Waals surface area contributed by atoms with Crippen molar-refractivity contribution >= 4 is 50.5 Å². The number of anilines is 1. The SMILES string of the molecule is COC(=O)c1ccc(NC(=O)/C(C#N)=C/c2cn(Cc3ccc(Br)cc3)c3ccccc23)cc1. The van der Waals surface area contributed by atoms with Gasteiger partial charge in [0.25, 0.3) is 5.91 Å². The van der Waals surface area contributed by atoms with Gasteiger partial charge in [0.05, 0.1) is 12.7 Å². The monoisotopic (exact) mass is 513 g/mol. The molecule has 7 heteroatoms. The van der Waals surface area contributed by atoms with E-state index in [-0.39, 0.29) is 5.57 Å². The van der Waals surface area contributed by atoms with Crippen molar-refractivity contribution in [1.29, 1.82) is 5.26 Å². The predicted octanol–water partition coefficient (Wildman–Crippen LogP) is 5.78. The van der Waals surface area contributed by atoms with Gasteiger partial charge in [-0.05, 0) is 54.1 Å². The van der Waals surface area contributed by atoms with Crippen LogP contribution in [0.3, 0.4) is 0 Å². The number of hydrogen-bond donors (Lipinski definition) is 1. The second-order valence-corrected chi connectivity index (χ2v) is 8.46. The molecule has 0 aliphatic carbocycles. The molecule has 0 aliphatic heterocycles. The molecule has 4 aromatic rings. The second kappa shape index (κ2) is 10.2. The van der Waals surface area contributed by atoms with E-state index in [1.54, 1.807) is 30.3 Å². The number of amides is 1. The molecule has 3 aromatic carbocycles. The molecular formula is C27H20BrN3O3. The molecule has 0 aliphatic rings. The topological polar surface area (TPSA) is 84.1 Å². The van der Waals surface area contributed by atoms with Crippen LogP contribution in [0.15, 0.2) is 89.0 Å². The van der Waals surface area contributed by atoms with Gasteiger partial charge < -0.3 is 14.6 Å². The number of carbonyl (C=O) groups excluding carboxylic acids is 2. The first-order valence-electron chi connectivity index (χ1n) is 10.4. The van der Waals surface area contributed by atoms with Crippen molar-refractivity contribution in [2.75, 3.05) is 12.4 Å². The fraction of sp³-hybridized carbons (Fsp3) is 0.0741. The van der Waals surface area contributed by atoms with Crippen molar-refractivity contribution in [2.24, 2.45) is 0 Å². The van der Waals surface area contributed by atoms with Gasteiger partial charge in [0, 0.05) is 39.4 Å². The highest BCUT2D eigenvalue weighted by Gasteiger charge is 2.14. The summed E-state index contributed by atoms with van der Waals surface area (Å²) in [5.41, 5.74) is 3.73. The summed E-state index contributed by atoms with van der Waals surface area (Å²) in [5.74, 6) is -0.993. The number of aromatic nitrogens is 1. The maximum absolute atomic E-state index is 12.8. The maximum Gasteiger partial charge on any atom is 0.337 e. The molecule has 0 fully saturated rings. The molecule has 0 saturated heterocycles. The molecule has 0 atom stereocenters. The van der Waals surface area contributed by atoms with Crippen LogP contribution in [0.2, 0.25) is 0 Å². The van der Waals surface area contributed by atoms with Crippen LogP contribution in [0.5, 0.6) is 0 Å². The molecule has 0 spiro atoms. The third kappa shape index (κ3) is 5.08. The first-order chi connectivity index (χ1) is 16.5. The third-order valence-electron chi connectivity index (χ3n) is 5.31. The van der Waals surface area contributed by atoms with Gasteiger partial charge in [-0.1, -0.05) is 46.3 Å². The van der Waals surface area contributed by atoms with Gasteiger partial charge in [0.1, 0.15) is 11.6 Å². The molecule has 0 unspecified atom stereocenters. The molecule has 0 radical (unpaired) electrons. The zero-order valence-corrected chi connectivity index (χ0v) is 19.9. The molecular weight excluding hydrogens is 494 g/mol. The van der Waals surface area contributed by atoms with Crippen molar-refractivity contribution in [2.45, 2.75) is 6.54 Å². The number of para-hydroxylation sites is 1. The molecule has 1 amide bonds. The smallest absolute Gasteiger partial charge is 0.337 e. The largest absolute Gasteiger partial charge is 0.465 e. The van der Waals surface area contributed by atoms with E-state index >= 15 is 0 Å². The van der Waals surface area contributed by atoms with E-state index in [4.69, 9.17) is 0 Å². The number of hydrogen-bond acceptors (Lipinski definition) is 4. The zero-order valence-electron chi connectivity index (χ0n) is 18.3. The Bertz CT molecular complexity index is 1430. The fourth-order valence-corrected chi connectivity index (χ4v) is 3.88. The first-order valence-corrected chi connectivity index (χ1v) is 11.2. The Balaban J connectivity index is 1.61. The Kier molecular flexibility index (Phi) is 6.90. The summed E-state index contributed by atoms with van der Waals surface area (Å²) in [7, 11) is 1.30. The molecule has 1 heterocycles. The van der Waals surface area contributed by atoms with Gasteiger partial charge >= 0.3 is 5.97 Å². The highest BCUT2D eigenvalue weighted by molar-refractivity contribution is 9.10. The highest BCUT2D eigenvalue weighted by Crippen LogP contribution is 2.25. The van der Waals surface area contributed by atoms with E-state index in [0.29, 0.717) is 17.8 Å². The number of fused-ring (bicyclic) bond motifs is 1. The summed E-state index contributed by atoms with van der Waals surface area (Å²) in [4.78, 5) is 24.4. The predicted molar refractivity (Wildman–Crippen MR) is 135 cm³/mol. The molecule has 1 aromatic heterocycles. The van der Waals surface area contributed by atoms with Crippen LogP contribution in [0.25, 0.3) is 17.0 Å². The Morgan fingerprint density at radius 1 is 1.06 bits per heavy atom. The lowest BCUT2D eigenvalue weighted by Gasteiger charge is -2.05. The first kappa shape index (κ1) is 23.0. The van der Waals surface area contributed by atoms with Crippen LogP contribution in [0.4, 0.5) is 5.69 Å². The highest BCUT2D eigenvalue weighted by atomic mass is 79.9. The number of methoxy groups -OCH3 is 1. The average Bonchev–Trinajstić information content (AvgIpc) is 3.20. The van der Waals surface area contributed by atoms with Crippen molar-refractivity contribution in [3.05, 3.63) is 106 Å². The van der Waals surface area contributed by atoms with Crippen LogP contribution < -0.4 is 5.32 Å². The van der Waals surface area contributed by atoms with E-state index in [1.165, 1.54) is 7.11 Å². The maximum atomic E-state index is 12.8. The molecule has 34 heavy (non-hydrogen) atoms. The summed E-state index contributed by atoms with van der Waals surface area (Å²) in [5, 5.41) is 13.3. The summed E-state index contributed by atoms with van der Waals surface area (Å²) in [6.07, 6.45) is 3.54. The minimum absolute atomic E-state index is 0.0245. The van der Waals surface area contributed by atoms with E-state index in [0.717, 1.165) is 26.5 Å². The minimum Gasteiger partial charge on any atom is -0.465 e. The molecule has 168 valence electrons. The number of halogens is 1. The van der Waals surface area contributed by atoms with E-state index in [2.05, 4.69) is 30.6 Å². The van der Waals surface area contributed by atoms with Crippen molar-refractivity contribution in [1.82, 2.24) is 4.57 Å². The van der Waals surface area contributed by atoms with Gasteiger partial charge in [-0.2, -0.15) is 5.26 Å². The summed E-state index contributed by atoms with van der Waals surface area (Å²) in [6.45, 7) is 0.655. The van der Waals surface area contributed by atoms with Gasteiger partial charge in [0.2, 0.25) is 0 Å². The minimum atomic E-state index is -0.530. The number of nitrogens with zero attached hydrogens (tertiary/aromatic N) is 2. The normalized spacial score (nSPS) is 11.1. The molecule has 0 saturated carbocycles. The number of nitriles is 1. The third-order valence-corrected chi connectivity index (χ3v) is 5.84. The lowest BCUT2D eigenvalue weighted by atomic mass is 10.1. The fourth-order valence-electron chi connectivity index (χ4n) is 3.62. The number of nitrogens with one attached hydrogen (secondary N) is 1. The second-order valence-electron chi connectivity index (χ2n) is 7.55. The molecule has 4 rings (SSSR count). The molecule has 0 bridgehead atoms. The quantitative estimate of drug-likeness (QED) is 0.201. The zero-order chi connectivity index (χ0) is 24.1. The number of benzene rings is 3. The molecule has 1 N–H and O–H groups in total. The van der Waals surface area contributed by atoms with E-state index in [1.807, 2.05) is 60.8 Å². The number of rotatable bonds is 6. The van der Waals surface area contributed by atoms with Crippen LogP contribution >= 0.6 is 15.9 Å². The lowest BCUT2D eigenvalue weighted by molar-refractivity contribution is -0.112. The van der Waals surface area contributed by atoms with Gasteiger partial charge in [-0.3, -0.25) is 4.79 Å². The van der Waals surface area contributed by atoms with Crippen molar-refractivity contribution < 1.29 is 14.3 Å². The summed E-state index contributed by atoms with van der Waals surface area (Å²) in [6, 6.07) is 24.2. The van der Waals surface area contributed by atoms with Crippen molar-refractivity contribution in [3.63, 3.8) is 0 Å². The molecule has 6 nitrogen and oxygen atoms in total. The lowest BCUT2D eigenvalue weighted by Crippen LogP contribution is -2.13. The Morgan fingerprint density at radius 3 is 2.44 bits per heavy atom. The summed E-state index contributed by atoms with van der Waals surface area (Å²) >= 11 is 3.46. The van der Waals surface area contributed by atoms with E-state index < -0.39 is 11.9 Å². The Morgan fingerprint density at radius 2 is 1.76 bits per heavy atom. The standard InChI is InChI=1S/C27H20BrN3O3/c1-34-27(33)19-8-12-23(13-9-19)30-26(32)20(15-29)14-21-17-31(25-5-3-2-4-24(21)25)16-18-6-10-22(28)11-7-18/h2-14,17H,16H2,1H3,(H,30,32)/b20-14+. The van der Waals surface area contributed by atoms with Gasteiger partial charge in [-0.15, -0.1) is 0 Å². The van der Waals surface area contributed by atoms with Crippen LogP contribution in [-0.4, -0.2) is 23.6 Å². The Labute approximate surface area is 205 Å². The van der Waals surface area contributed by atoms with Crippen molar-refractivity contribution in [3.8, 4) is 6.07 Å². The van der Waals surface area contributed by atoms with Crippen LogP contribution in [0, 0.1) is 11.3 Å². The van der Waals surface area contributed by atoms with Crippen LogP contribution in [0.1, 0.15) is 21.5 Å². The van der Waals surface area contributed by atoms with Gasteiger partial charge in [-0.25, -0.2) is 4.79 Å². The van der Waals surface area contributed by atoms with E-state index in [9.17, 15) is 14.9 Å².